The molecule has 1 spiro atoms. The molecule has 4 heterocycles. The normalized spacial score (nSPS) is 21.8. The highest BCUT2D eigenvalue weighted by Gasteiger charge is 2.50. The second-order valence-corrected chi connectivity index (χ2v) is 13.6. The summed E-state index contributed by atoms with van der Waals surface area (Å²) in [6, 6.07) is 9.68. The van der Waals surface area contributed by atoms with Crippen molar-refractivity contribution < 1.29 is 18.8 Å². The average Bonchev–Trinajstić information content (AvgIpc) is 3.85. The summed E-state index contributed by atoms with van der Waals surface area (Å²) in [6.07, 6.45) is 12.4. The zero-order valence-electron chi connectivity index (χ0n) is 24.8. The standard InChI is InChI=1S/C33H36N6O4S/c1-3-29(40)38-14-13-33(19-38)16-23(17-33)39-25-10-9-22(37(2)31(42)21-7-5-4-6-8-21)15-24(25)35-32(39)36-30(41)28-12-11-27(44-28)26-18-34-20-43-26/h3,9-12,15,18,20-21,23H,1,4-8,13-14,16-17,19H2,2H3,(H,35,36,41)/t23-,33-. The van der Waals surface area contributed by atoms with Gasteiger partial charge in [-0.05, 0) is 73.9 Å². The lowest BCUT2D eigenvalue weighted by Crippen LogP contribution is -2.42. The average molecular weight is 613 g/mol. The molecule has 0 atom stereocenters. The Morgan fingerprint density at radius 1 is 1.16 bits per heavy atom. The molecule has 2 aliphatic carbocycles. The van der Waals surface area contributed by atoms with Gasteiger partial charge in [-0.3, -0.25) is 19.7 Å². The van der Waals surface area contributed by atoms with Gasteiger partial charge in [0.15, 0.2) is 12.2 Å². The van der Waals surface area contributed by atoms with Crippen LogP contribution in [0.5, 0.6) is 0 Å². The van der Waals surface area contributed by atoms with Gasteiger partial charge in [-0.15, -0.1) is 11.3 Å². The Bertz CT molecular complexity index is 1730. The van der Waals surface area contributed by atoms with E-state index in [1.165, 1.54) is 30.2 Å². The molecular formula is C33H36N6O4S. The van der Waals surface area contributed by atoms with Crippen LogP contribution < -0.4 is 10.2 Å². The van der Waals surface area contributed by atoms with Gasteiger partial charge < -0.3 is 18.8 Å². The summed E-state index contributed by atoms with van der Waals surface area (Å²) in [5, 5.41) is 3.08. The Labute approximate surface area is 259 Å². The molecule has 3 amide bonds. The summed E-state index contributed by atoms with van der Waals surface area (Å²) < 4.78 is 7.53. The minimum atomic E-state index is -0.250. The van der Waals surface area contributed by atoms with Gasteiger partial charge in [-0.25, -0.2) is 9.97 Å². The van der Waals surface area contributed by atoms with Crippen LogP contribution in [0.2, 0.25) is 0 Å². The van der Waals surface area contributed by atoms with Crippen molar-refractivity contribution in [3.63, 3.8) is 0 Å². The van der Waals surface area contributed by atoms with Gasteiger partial charge in [0, 0.05) is 37.8 Å². The zero-order valence-corrected chi connectivity index (χ0v) is 25.6. The van der Waals surface area contributed by atoms with Crippen LogP contribution in [-0.4, -0.2) is 57.3 Å². The van der Waals surface area contributed by atoms with E-state index in [-0.39, 0.29) is 35.1 Å². The molecular weight excluding hydrogens is 576 g/mol. The summed E-state index contributed by atoms with van der Waals surface area (Å²) in [7, 11) is 1.84. The molecule has 1 saturated heterocycles. The number of oxazole rings is 1. The number of fused-ring (bicyclic) bond motifs is 1. The minimum Gasteiger partial charge on any atom is -0.443 e. The molecule has 0 bridgehead atoms. The van der Waals surface area contributed by atoms with E-state index in [0.29, 0.717) is 16.6 Å². The number of nitrogens with one attached hydrogen (secondary N) is 1. The van der Waals surface area contributed by atoms with Gasteiger partial charge in [-0.2, -0.15) is 0 Å². The van der Waals surface area contributed by atoms with Gasteiger partial charge in [0.25, 0.3) is 5.91 Å². The molecule has 1 aliphatic heterocycles. The van der Waals surface area contributed by atoms with Crippen LogP contribution in [0, 0.1) is 11.3 Å². The third-order valence-corrected chi connectivity index (χ3v) is 10.8. The number of carbonyl (C=O) groups is 3. The third kappa shape index (κ3) is 5.12. The SMILES string of the molecule is C=CC(=O)N1CC[C@]2(C1)C[C@H](n1c(NC(=O)c3ccc(-c4cnco4)s3)nc3cc(N(C)C(=O)C4CCCCC4)ccc31)C2. The van der Waals surface area contributed by atoms with Crippen LogP contribution in [0.25, 0.3) is 21.7 Å². The predicted octanol–water partition coefficient (Wildman–Crippen LogP) is 6.29. The monoisotopic (exact) mass is 612 g/mol. The van der Waals surface area contributed by atoms with E-state index in [0.717, 1.165) is 79.6 Å². The molecule has 11 heteroatoms. The van der Waals surface area contributed by atoms with E-state index in [2.05, 4.69) is 21.4 Å². The number of amides is 3. The van der Waals surface area contributed by atoms with Gasteiger partial charge >= 0.3 is 0 Å². The van der Waals surface area contributed by atoms with Gasteiger partial charge in [0.05, 0.1) is 27.0 Å². The van der Waals surface area contributed by atoms with Crippen LogP contribution in [0.1, 0.15) is 67.1 Å². The second kappa shape index (κ2) is 11.4. The molecule has 44 heavy (non-hydrogen) atoms. The van der Waals surface area contributed by atoms with Gasteiger partial charge in [-0.1, -0.05) is 25.8 Å². The number of likely N-dealkylation sites (tertiary alicyclic amines) is 1. The quantitative estimate of drug-likeness (QED) is 0.246. The number of hydrogen-bond acceptors (Lipinski definition) is 7. The maximum atomic E-state index is 13.5. The first kappa shape index (κ1) is 28.5. The Morgan fingerprint density at radius 2 is 1.98 bits per heavy atom. The fraction of sp³-hybridized carbons (Fsp3) is 0.424. The fourth-order valence-electron chi connectivity index (χ4n) is 7.31. The summed E-state index contributed by atoms with van der Waals surface area (Å²) in [4.78, 5) is 52.9. The number of thiophene rings is 1. The van der Waals surface area contributed by atoms with E-state index < -0.39 is 0 Å². The number of carbonyl (C=O) groups excluding carboxylic acids is 3. The highest BCUT2D eigenvalue weighted by Crippen LogP contribution is 2.55. The number of hydrogen-bond donors (Lipinski definition) is 1. The number of aromatic nitrogens is 3. The van der Waals surface area contributed by atoms with E-state index in [1.807, 2.05) is 36.2 Å². The Morgan fingerprint density at radius 3 is 2.73 bits per heavy atom. The Hall–Kier alpha value is -4.25. The predicted molar refractivity (Wildman–Crippen MR) is 170 cm³/mol. The molecule has 3 aromatic heterocycles. The number of nitrogens with zero attached hydrogens (tertiary/aromatic N) is 5. The Balaban J connectivity index is 1.17. The molecule has 10 nitrogen and oxygen atoms in total. The fourth-order valence-corrected chi connectivity index (χ4v) is 8.16. The van der Waals surface area contributed by atoms with Crippen LogP contribution in [0.3, 0.4) is 0 Å². The van der Waals surface area contributed by atoms with Crippen molar-refractivity contribution >= 4 is 51.7 Å². The van der Waals surface area contributed by atoms with E-state index in [9.17, 15) is 14.4 Å². The third-order valence-electron chi connectivity index (χ3n) is 9.70. The van der Waals surface area contributed by atoms with Gasteiger partial charge in [0.2, 0.25) is 17.8 Å². The minimum absolute atomic E-state index is 0.0218. The van der Waals surface area contributed by atoms with E-state index in [1.54, 1.807) is 17.2 Å². The topological polar surface area (TPSA) is 114 Å². The maximum absolute atomic E-state index is 13.5. The van der Waals surface area contributed by atoms with Crippen molar-refractivity contribution in [2.75, 3.05) is 30.4 Å². The first-order valence-corrected chi connectivity index (χ1v) is 16.2. The molecule has 1 aromatic carbocycles. The van der Waals surface area contributed by atoms with E-state index in [4.69, 9.17) is 9.40 Å². The van der Waals surface area contributed by atoms with Crippen molar-refractivity contribution in [2.24, 2.45) is 11.3 Å². The highest BCUT2D eigenvalue weighted by atomic mass is 32.1. The molecule has 3 aliphatic rings. The molecule has 0 unspecified atom stereocenters. The summed E-state index contributed by atoms with van der Waals surface area (Å²) in [5.41, 5.74) is 2.50. The van der Waals surface area contributed by atoms with Crippen molar-refractivity contribution in [2.45, 2.75) is 57.4 Å². The highest BCUT2D eigenvalue weighted by molar-refractivity contribution is 7.17. The molecule has 2 saturated carbocycles. The van der Waals surface area contributed by atoms with Crippen LogP contribution in [0.15, 0.2) is 60.0 Å². The first-order valence-electron chi connectivity index (χ1n) is 15.4. The lowest BCUT2D eigenvalue weighted by atomic mass is 9.65. The van der Waals surface area contributed by atoms with Crippen LogP contribution >= 0.6 is 11.3 Å². The van der Waals surface area contributed by atoms with E-state index >= 15 is 0 Å². The number of benzene rings is 1. The summed E-state index contributed by atoms with van der Waals surface area (Å²) in [5.74, 6) is 1.04. The number of imidazole rings is 1. The lowest BCUT2D eigenvalue weighted by Gasteiger charge is -2.46. The maximum Gasteiger partial charge on any atom is 0.268 e. The smallest absolute Gasteiger partial charge is 0.268 e. The second-order valence-electron chi connectivity index (χ2n) is 12.5. The van der Waals surface area contributed by atoms with Crippen molar-refractivity contribution in [1.29, 1.82) is 0 Å². The van der Waals surface area contributed by atoms with Crippen molar-refractivity contribution in [3.05, 3.63) is 60.5 Å². The molecule has 4 aromatic rings. The number of anilines is 2. The lowest BCUT2D eigenvalue weighted by molar-refractivity contribution is -0.126. The largest absolute Gasteiger partial charge is 0.443 e. The van der Waals surface area contributed by atoms with Crippen LogP contribution in [-0.2, 0) is 9.59 Å². The first-order chi connectivity index (χ1) is 21.3. The van der Waals surface area contributed by atoms with Crippen molar-refractivity contribution in [1.82, 2.24) is 19.4 Å². The molecule has 7 rings (SSSR count). The van der Waals surface area contributed by atoms with Crippen LogP contribution in [0.4, 0.5) is 11.6 Å². The zero-order chi connectivity index (χ0) is 30.4. The summed E-state index contributed by atoms with van der Waals surface area (Å²) in [6.45, 7) is 5.11. The van der Waals surface area contributed by atoms with Crippen molar-refractivity contribution in [3.8, 4) is 10.6 Å². The Kier molecular flexibility index (Phi) is 7.36. The summed E-state index contributed by atoms with van der Waals surface area (Å²) >= 11 is 1.33. The number of rotatable bonds is 7. The molecule has 3 fully saturated rings. The van der Waals surface area contributed by atoms with Gasteiger partial charge in [0.1, 0.15) is 0 Å². The molecule has 1 N–H and O–H groups in total. The molecule has 228 valence electrons. The molecule has 0 radical (unpaired) electrons.